The Labute approximate surface area is 196 Å². The molecular weight excluding hydrogens is 449 g/mol. The van der Waals surface area contributed by atoms with Gasteiger partial charge in [-0.1, -0.05) is 48.3 Å². The van der Waals surface area contributed by atoms with Crippen LogP contribution in [0.5, 0.6) is 0 Å². The lowest BCUT2D eigenvalue weighted by atomic mass is 9.74. The maximum Gasteiger partial charge on any atom is 0.249 e. The molecule has 1 N–H and O–H groups in total. The standard InChI is InChI=1S/C24H23Cl2N3O3/c1-13-5-3-6-18-21(13)27-23(32)24(18)14(2)20(19-7-4-8-29(19)24)22(31)28(12-30)17-10-15(25)9-16(26)11-17/h3,5-6,9-12,14,19-20H,4,7-8H2,1-2H3,(H,27,32). The van der Waals surface area contributed by atoms with Gasteiger partial charge in [0, 0.05) is 33.3 Å². The number of nitrogens with one attached hydrogen (secondary N) is 1. The van der Waals surface area contributed by atoms with E-state index in [1.165, 1.54) is 0 Å². The van der Waals surface area contributed by atoms with E-state index >= 15 is 0 Å². The van der Waals surface area contributed by atoms with Crippen molar-refractivity contribution in [3.63, 3.8) is 0 Å². The number of aryl methyl sites for hydroxylation is 1. The first-order valence-corrected chi connectivity index (χ1v) is 11.5. The van der Waals surface area contributed by atoms with Gasteiger partial charge in [0.25, 0.3) is 0 Å². The Hall–Kier alpha value is -2.41. The van der Waals surface area contributed by atoms with Crippen LogP contribution < -0.4 is 10.2 Å². The first-order chi connectivity index (χ1) is 15.3. The number of para-hydroxylation sites is 1. The number of halogens is 2. The van der Waals surface area contributed by atoms with Gasteiger partial charge >= 0.3 is 0 Å². The summed E-state index contributed by atoms with van der Waals surface area (Å²) in [6.45, 7) is 4.65. The fourth-order valence-electron chi connectivity index (χ4n) is 6.14. The van der Waals surface area contributed by atoms with E-state index in [-0.39, 0.29) is 23.8 Å². The Morgan fingerprint density at radius 3 is 2.66 bits per heavy atom. The van der Waals surface area contributed by atoms with E-state index in [1.54, 1.807) is 18.2 Å². The lowest BCUT2D eigenvalue weighted by molar-refractivity contribution is -0.128. The monoisotopic (exact) mass is 471 g/mol. The number of nitrogens with zero attached hydrogens (tertiary/aromatic N) is 2. The number of hydrogen-bond acceptors (Lipinski definition) is 4. The summed E-state index contributed by atoms with van der Waals surface area (Å²) in [6, 6.07) is 10.4. The van der Waals surface area contributed by atoms with E-state index in [4.69, 9.17) is 23.2 Å². The van der Waals surface area contributed by atoms with Gasteiger partial charge in [-0.3, -0.25) is 24.2 Å². The second-order valence-corrected chi connectivity index (χ2v) is 9.75. The minimum Gasteiger partial charge on any atom is -0.324 e. The van der Waals surface area contributed by atoms with Crippen LogP contribution in [-0.2, 0) is 19.9 Å². The molecule has 0 bridgehead atoms. The molecule has 2 aromatic carbocycles. The number of rotatable bonds is 3. The zero-order valence-electron chi connectivity index (χ0n) is 17.8. The summed E-state index contributed by atoms with van der Waals surface area (Å²) in [5.41, 5.74) is 2.14. The fourth-order valence-corrected chi connectivity index (χ4v) is 6.65. The van der Waals surface area contributed by atoms with Gasteiger partial charge in [0.15, 0.2) is 0 Å². The van der Waals surface area contributed by atoms with Crippen LogP contribution in [0.3, 0.4) is 0 Å². The number of imide groups is 1. The van der Waals surface area contributed by atoms with Crippen LogP contribution in [0.15, 0.2) is 36.4 Å². The molecule has 3 amide bonds. The van der Waals surface area contributed by atoms with Crippen LogP contribution in [0, 0.1) is 18.8 Å². The normalized spacial score (nSPS) is 28.5. The van der Waals surface area contributed by atoms with Crippen molar-refractivity contribution in [3.05, 3.63) is 57.6 Å². The molecule has 2 aromatic rings. The zero-order chi connectivity index (χ0) is 22.8. The molecule has 0 aliphatic carbocycles. The highest BCUT2D eigenvalue weighted by molar-refractivity contribution is 6.35. The summed E-state index contributed by atoms with van der Waals surface area (Å²) >= 11 is 12.2. The Morgan fingerprint density at radius 1 is 1.25 bits per heavy atom. The maximum atomic E-state index is 13.8. The smallest absolute Gasteiger partial charge is 0.249 e. The summed E-state index contributed by atoms with van der Waals surface area (Å²) in [7, 11) is 0. The molecular formula is C24H23Cl2N3O3. The van der Waals surface area contributed by atoms with Crippen LogP contribution in [0.4, 0.5) is 11.4 Å². The van der Waals surface area contributed by atoms with E-state index in [2.05, 4.69) is 10.2 Å². The van der Waals surface area contributed by atoms with Gasteiger partial charge in [0.2, 0.25) is 18.2 Å². The molecule has 2 saturated heterocycles. The molecule has 6 nitrogen and oxygen atoms in total. The zero-order valence-corrected chi connectivity index (χ0v) is 19.3. The largest absolute Gasteiger partial charge is 0.324 e. The number of anilines is 2. The first kappa shape index (κ1) is 21.4. The quantitative estimate of drug-likeness (QED) is 0.674. The SMILES string of the molecule is Cc1cccc2c1NC(=O)C21C(C)C(C(=O)N(C=O)c2cc(Cl)cc(Cl)c2)C2CCCN21. The lowest BCUT2D eigenvalue weighted by Crippen LogP contribution is -2.50. The second kappa shape index (κ2) is 7.58. The van der Waals surface area contributed by atoms with Crippen LogP contribution in [0.2, 0.25) is 10.0 Å². The molecule has 3 aliphatic rings. The van der Waals surface area contributed by atoms with Crippen molar-refractivity contribution in [3.8, 4) is 0 Å². The predicted molar refractivity (Wildman–Crippen MR) is 124 cm³/mol. The highest BCUT2D eigenvalue weighted by Crippen LogP contribution is 2.58. The van der Waals surface area contributed by atoms with Gasteiger partial charge in [-0.05, 0) is 50.1 Å². The fraction of sp³-hybridized carbons (Fsp3) is 0.375. The molecule has 5 rings (SSSR count). The van der Waals surface area contributed by atoms with Gasteiger partial charge in [0.05, 0.1) is 11.6 Å². The summed E-state index contributed by atoms with van der Waals surface area (Å²) in [5.74, 6) is -1.30. The predicted octanol–water partition coefficient (Wildman–Crippen LogP) is 4.37. The van der Waals surface area contributed by atoms with Gasteiger partial charge in [0.1, 0.15) is 5.54 Å². The highest BCUT2D eigenvalue weighted by atomic mass is 35.5. The van der Waals surface area contributed by atoms with E-state index in [9.17, 15) is 14.4 Å². The summed E-state index contributed by atoms with van der Waals surface area (Å²) in [5, 5.41) is 3.76. The number of fused-ring (bicyclic) bond motifs is 4. The minimum atomic E-state index is -0.927. The van der Waals surface area contributed by atoms with Crippen molar-refractivity contribution in [2.24, 2.45) is 11.8 Å². The third-order valence-corrected chi connectivity index (χ3v) is 7.82. The Bertz CT molecular complexity index is 1130. The van der Waals surface area contributed by atoms with Crippen molar-refractivity contribution in [1.82, 2.24) is 4.90 Å². The molecule has 0 aromatic heterocycles. The minimum absolute atomic E-state index is 0.0973. The average Bonchev–Trinajstić information content (AvgIpc) is 3.37. The third kappa shape index (κ3) is 2.79. The second-order valence-electron chi connectivity index (χ2n) is 8.88. The number of benzene rings is 2. The Balaban J connectivity index is 1.61. The number of amides is 3. The van der Waals surface area contributed by atoms with E-state index in [0.29, 0.717) is 22.1 Å². The number of carbonyl (C=O) groups is 3. The molecule has 3 heterocycles. The van der Waals surface area contributed by atoms with Crippen molar-refractivity contribution in [1.29, 1.82) is 0 Å². The molecule has 0 radical (unpaired) electrons. The topological polar surface area (TPSA) is 69.7 Å². The maximum absolute atomic E-state index is 13.8. The number of hydrogen-bond donors (Lipinski definition) is 1. The molecule has 2 fully saturated rings. The molecule has 1 spiro atoms. The third-order valence-electron chi connectivity index (χ3n) is 7.39. The summed E-state index contributed by atoms with van der Waals surface area (Å²) < 4.78 is 0. The molecule has 166 valence electrons. The molecule has 3 aliphatic heterocycles. The van der Waals surface area contributed by atoms with Gasteiger partial charge in [-0.15, -0.1) is 0 Å². The Kier molecular flexibility index (Phi) is 5.08. The average molecular weight is 472 g/mol. The van der Waals surface area contributed by atoms with E-state index in [0.717, 1.165) is 41.1 Å². The number of carbonyl (C=O) groups excluding carboxylic acids is 3. The lowest BCUT2D eigenvalue weighted by Gasteiger charge is -2.36. The molecule has 8 heteroatoms. The summed E-state index contributed by atoms with van der Waals surface area (Å²) in [4.78, 5) is 42.7. The van der Waals surface area contributed by atoms with E-state index < -0.39 is 11.5 Å². The highest BCUT2D eigenvalue weighted by Gasteiger charge is 2.67. The van der Waals surface area contributed by atoms with Crippen molar-refractivity contribution in [2.75, 3.05) is 16.8 Å². The van der Waals surface area contributed by atoms with Crippen molar-refractivity contribution < 1.29 is 14.4 Å². The molecule has 0 saturated carbocycles. The van der Waals surface area contributed by atoms with Crippen molar-refractivity contribution >= 4 is 52.8 Å². The van der Waals surface area contributed by atoms with Crippen LogP contribution >= 0.6 is 23.2 Å². The Morgan fingerprint density at radius 2 is 1.97 bits per heavy atom. The molecule has 4 unspecified atom stereocenters. The molecule has 4 atom stereocenters. The van der Waals surface area contributed by atoms with E-state index in [1.807, 2.05) is 32.0 Å². The van der Waals surface area contributed by atoms with Gasteiger partial charge in [-0.25, -0.2) is 0 Å². The summed E-state index contributed by atoms with van der Waals surface area (Å²) in [6.07, 6.45) is 2.19. The van der Waals surface area contributed by atoms with Crippen LogP contribution in [0.1, 0.15) is 30.9 Å². The van der Waals surface area contributed by atoms with Crippen molar-refractivity contribution in [2.45, 2.75) is 38.3 Å². The van der Waals surface area contributed by atoms with Gasteiger partial charge < -0.3 is 5.32 Å². The first-order valence-electron chi connectivity index (χ1n) is 10.7. The van der Waals surface area contributed by atoms with Crippen LogP contribution in [0.25, 0.3) is 0 Å². The van der Waals surface area contributed by atoms with Gasteiger partial charge in [-0.2, -0.15) is 0 Å². The molecule has 32 heavy (non-hydrogen) atoms. The van der Waals surface area contributed by atoms with Crippen LogP contribution in [-0.4, -0.2) is 35.7 Å².